The second-order valence-electron chi connectivity index (χ2n) is 3.18. The average Bonchev–Trinajstić information content (AvgIpc) is 2.31. The summed E-state index contributed by atoms with van der Waals surface area (Å²) in [6.45, 7) is 0. The molecule has 1 aromatic rings. The normalized spacial score (nSPS) is 9.82. The van der Waals surface area contributed by atoms with E-state index in [0.717, 1.165) is 0 Å². The number of ether oxygens (including phenoxy) is 1. The lowest BCUT2D eigenvalue weighted by molar-refractivity contribution is -0.115. The van der Waals surface area contributed by atoms with E-state index in [1.54, 1.807) is 0 Å². The molecular formula is C11H11Cl2NO3. The van der Waals surface area contributed by atoms with E-state index in [2.05, 4.69) is 5.32 Å². The molecular weight excluding hydrogens is 265 g/mol. The Kier molecular flexibility index (Phi) is 5.25. The Morgan fingerprint density at radius 1 is 1.53 bits per heavy atom. The molecule has 0 saturated heterocycles. The number of rotatable bonds is 5. The number of hydrogen-bond donors (Lipinski definition) is 1. The van der Waals surface area contributed by atoms with Gasteiger partial charge >= 0.3 is 0 Å². The van der Waals surface area contributed by atoms with Crippen molar-refractivity contribution in [1.29, 1.82) is 0 Å². The van der Waals surface area contributed by atoms with Crippen LogP contribution in [0.2, 0.25) is 5.02 Å². The van der Waals surface area contributed by atoms with Gasteiger partial charge in [0.2, 0.25) is 5.91 Å². The molecule has 0 aliphatic heterocycles. The van der Waals surface area contributed by atoms with Gasteiger partial charge in [0.1, 0.15) is 5.75 Å². The molecule has 0 atom stereocenters. The summed E-state index contributed by atoms with van der Waals surface area (Å²) in [5, 5.41) is 2.86. The summed E-state index contributed by atoms with van der Waals surface area (Å²) in [4.78, 5) is 22.1. The minimum Gasteiger partial charge on any atom is -0.496 e. The highest BCUT2D eigenvalue weighted by atomic mass is 35.5. The summed E-state index contributed by atoms with van der Waals surface area (Å²) in [6, 6.07) is 2.93. The molecule has 0 spiro atoms. The van der Waals surface area contributed by atoms with Gasteiger partial charge in [0, 0.05) is 18.4 Å². The summed E-state index contributed by atoms with van der Waals surface area (Å²) >= 11 is 11.4. The molecule has 1 N–H and O–H groups in total. The van der Waals surface area contributed by atoms with Gasteiger partial charge in [-0.25, -0.2) is 0 Å². The summed E-state index contributed by atoms with van der Waals surface area (Å²) in [6.07, 6.45) is 0.824. The number of methoxy groups -OCH3 is 1. The Balaban J connectivity index is 3.00. The van der Waals surface area contributed by atoms with Crippen molar-refractivity contribution >= 4 is 41.1 Å². The molecule has 1 rings (SSSR count). The van der Waals surface area contributed by atoms with E-state index in [4.69, 9.17) is 27.9 Å². The lowest BCUT2D eigenvalue weighted by Gasteiger charge is -2.10. The minimum atomic E-state index is -0.247. The zero-order chi connectivity index (χ0) is 12.8. The third kappa shape index (κ3) is 3.61. The predicted octanol–water partition coefficient (Wildman–Crippen LogP) is 2.73. The molecule has 1 amide bonds. The van der Waals surface area contributed by atoms with Crippen LogP contribution in [-0.2, 0) is 4.79 Å². The van der Waals surface area contributed by atoms with Crippen molar-refractivity contribution in [2.75, 3.05) is 18.3 Å². The number of aldehydes is 1. The Labute approximate surface area is 109 Å². The van der Waals surface area contributed by atoms with Crippen molar-refractivity contribution < 1.29 is 14.3 Å². The molecule has 6 heteroatoms. The van der Waals surface area contributed by atoms with Crippen molar-refractivity contribution in [3.8, 4) is 5.75 Å². The number of carbonyl (C=O) groups is 2. The largest absolute Gasteiger partial charge is 0.496 e. The highest BCUT2D eigenvalue weighted by molar-refractivity contribution is 6.34. The molecule has 0 saturated carbocycles. The Hall–Kier alpha value is -1.26. The second-order valence-corrected chi connectivity index (χ2v) is 3.96. The third-order valence-electron chi connectivity index (χ3n) is 2.04. The van der Waals surface area contributed by atoms with Crippen LogP contribution in [0.5, 0.6) is 5.75 Å². The summed E-state index contributed by atoms with van der Waals surface area (Å²) < 4.78 is 5.01. The van der Waals surface area contributed by atoms with Gasteiger partial charge in [-0.2, -0.15) is 0 Å². The van der Waals surface area contributed by atoms with E-state index in [0.29, 0.717) is 23.3 Å². The van der Waals surface area contributed by atoms with Crippen molar-refractivity contribution in [3.63, 3.8) is 0 Å². The van der Waals surface area contributed by atoms with Gasteiger partial charge in [0.15, 0.2) is 6.29 Å². The van der Waals surface area contributed by atoms with Crippen LogP contribution in [0.1, 0.15) is 16.8 Å². The molecule has 17 heavy (non-hydrogen) atoms. The van der Waals surface area contributed by atoms with Crippen molar-refractivity contribution in [1.82, 2.24) is 0 Å². The van der Waals surface area contributed by atoms with Gasteiger partial charge in [0.05, 0.1) is 23.4 Å². The first-order valence-corrected chi connectivity index (χ1v) is 5.72. The molecule has 0 unspecified atom stereocenters. The maximum absolute atomic E-state index is 11.4. The number of alkyl halides is 1. The van der Waals surface area contributed by atoms with Crippen LogP contribution in [0.15, 0.2) is 12.1 Å². The molecule has 0 radical (unpaired) electrons. The highest BCUT2D eigenvalue weighted by Crippen LogP contribution is 2.30. The number of benzene rings is 1. The molecule has 0 bridgehead atoms. The molecule has 0 aliphatic rings. The second kappa shape index (κ2) is 6.47. The van der Waals surface area contributed by atoms with Crippen LogP contribution >= 0.6 is 23.2 Å². The maximum Gasteiger partial charge on any atom is 0.225 e. The number of amides is 1. The first kappa shape index (κ1) is 13.8. The van der Waals surface area contributed by atoms with Gasteiger partial charge in [-0.3, -0.25) is 9.59 Å². The van der Waals surface area contributed by atoms with Crippen LogP contribution < -0.4 is 10.1 Å². The number of anilines is 1. The summed E-state index contributed by atoms with van der Waals surface area (Å²) in [5.74, 6) is 0.334. The average molecular weight is 276 g/mol. The fourth-order valence-electron chi connectivity index (χ4n) is 1.23. The molecule has 1 aromatic carbocycles. The van der Waals surface area contributed by atoms with Crippen LogP contribution in [0.4, 0.5) is 5.69 Å². The quantitative estimate of drug-likeness (QED) is 0.664. The van der Waals surface area contributed by atoms with Crippen molar-refractivity contribution in [2.24, 2.45) is 0 Å². The Bertz CT molecular complexity index is 435. The molecule has 92 valence electrons. The SMILES string of the molecule is COc1cc(NC(=O)CCCl)c(Cl)cc1C=O. The van der Waals surface area contributed by atoms with E-state index in [1.165, 1.54) is 19.2 Å². The lowest BCUT2D eigenvalue weighted by atomic mass is 10.2. The number of nitrogens with one attached hydrogen (secondary N) is 1. The van der Waals surface area contributed by atoms with E-state index < -0.39 is 0 Å². The molecule has 0 aliphatic carbocycles. The molecule has 4 nitrogen and oxygen atoms in total. The van der Waals surface area contributed by atoms with Gasteiger partial charge in [0.25, 0.3) is 0 Å². The Morgan fingerprint density at radius 2 is 2.24 bits per heavy atom. The van der Waals surface area contributed by atoms with E-state index in [1.807, 2.05) is 0 Å². The standard InChI is InChI=1S/C11H11Cl2NO3/c1-17-10-5-9(14-11(16)2-3-12)8(13)4-7(10)6-15/h4-6H,2-3H2,1H3,(H,14,16). The number of hydrogen-bond acceptors (Lipinski definition) is 3. The highest BCUT2D eigenvalue weighted by Gasteiger charge is 2.11. The smallest absolute Gasteiger partial charge is 0.225 e. The fourth-order valence-corrected chi connectivity index (χ4v) is 1.62. The van der Waals surface area contributed by atoms with E-state index in [-0.39, 0.29) is 23.2 Å². The molecule has 0 fully saturated rings. The summed E-state index contributed by atoms with van der Waals surface area (Å²) in [5.41, 5.74) is 0.720. The third-order valence-corrected chi connectivity index (χ3v) is 2.54. The first-order valence-electron chi connectivity index (χ1n) is 4.81. The predicted molar refractivity (Wildman–Crippen MR) is 67.4 cm³/mol. The van der Waals surface area contributed by atoms with Crippen LogP contribution in [0.25, 0.3) is 0 Å². The minimum absolute atomic E-state index is 0.190. The maximum atomic E-state index is 11.4. The Morgan fingerprint density at radius 3 is 2.76 bits per heavy atom. The van der Waals surface area contributed by atoms with Gasteiger partial charge in [-0.1, -0.05) is 11.6 Å². The molecule has 0 aromatic heterocycles. The monoisotopic (exact) mass is 275 g/mol. The summed E-state index contributed by atoms with van der Waals surface area (Å²) in [7, 11) is 1.43. The van der Waals surface area contributed by atoms with Crippen LogP contribution in [0.3, 0.4) is 0 Å². The lowest BCUT2D eigenvalue weighted by Crippen LogP contribution is -2.12. The van der Waals surface area contributed by atoms with Crippen molar-refractivity contribution in [3.05, 3.63) is 22.7 Å². The number of halogens is 2. The van der Waals surface area contributed by atoms with Gasteiger partial charge in [-0.05, 0) is 6.07 Å². The van der Waals surface area contributed by atoms with E-state index in [9.17, 15) is 9.59 Å². The first-order chi connectivity index (χ1) is 8.12. The van der Waals surface area contributed by atoms with Gasteiger partial charge < -0.3 is 10.1 Å². The zero-order valence-corrected chi connectivity index (χ0v) is 10.6. The van der Waals surface area contributed by atoms with Gasteiger partial charge in [-0.15, -0.1) is 11.6 Å². The van der Waals surface area contributed by atoms with Crippen LogP contribution in [0, 0.1) is 0 Å². The topological polar surface area (TPSA) is 55.4 Å². The molecule has 0 heterocycles. The van der Waals surface area contributed by atoms with Crippen LogP contribution in [-0.4, -0.2) is 25.2 Å². The number of carbonyl (C=O) groups excluding carboxylic acids is 2. The van der Waals surface area contributed by atoms with Crippen molar-refractivity contribution in [2.45, 2.75) is 6.42 Å². The van der Waals surface area contributed by atoms with E-state index >= 15 is 0 Å². The zero-order valence-electron chi connectivity index (χ0n) is 9.13. The fraction of sp³-hybridized carbons (Fsp3) is 0.273.